The van der Waals surface area contributed by atoms with E-state index in [4.69, 9.17) is 0 Å². The SMILES string of the molecule is [AlH3].[KH].[LiH].[MgH2]. The minimum atomic E-state index is 0. The van der Waals surface area contributed by atoms with Gasteiger partial charge in [-0.05, 0) is 0 Å². The molecule has 0 nitrogen and oxygen atoms in total. The Hall–Kier alpha value is 3.53. The Bertz CT molecular complexity index is 8.00. The van der Waals surface area contributed by atoms with Crippen molar-refractivity contribution in [2.24, 2.45) is 0 Å². The zero-order chi connectivity index (χ0) is 0. The summed E-state index contributed by atoms with van der Waals surface area (Å²) in [5, 5.41) is 0. The first-order valence-corrected chi connectivity index (χ1v) is 0. The molecule has 0 bridgehead atoms. The number of rotatable bonds is 0. The van der Waals surface area contributed by atoms with Gasteiger partial charge in [0.2, 0.25) is 0 Å². The molecular formula is H7AlKLiMg. The van der Waals surface area contributed by atoms with Gasteiger partial charge >= 0.3 is 93.3 Å². The van der Waals surface area contributed by atoms with E-state index in [0.29, 0.717) is 0 Å². The molecule has 0 rings (SSSR count). The topological polar surface area (TPSA) is 0 Å². The van der Waals surface area contributed by atoms with Crippen LogP contribution in [-0.4, -0.2) is 111 Å². The largest absolute Gasteiger partial charge is 0.316 e. The normalized spacial score (nSPS) is 0. The van der Waals surface area contributed by atoms with Crippen molar-refractivity contribution in [2.45, 2.75) is 0 Å². The summed E-state index contributed by atoms with van der Waals surface area (Å²) in [7, 11) is 0. The predicted molar refractivity (Wildman–Crippen MR) is 32.8 cm³/mol. The fourth-order valence-electron chi connectivity index (χ4n) is 0. The van der Waals surface area contributed by atoms with E-state index < -0.39 is 0 Å². The fourth-order valence-corrected chi connectivity index (χ4v) is 0. The molecular weight excluding hydrogens is 97.3 g/mol. The van der Waals surface area contributed by atoms with Crippen molar-refractivity contribution in [3.05, 3.63) is 0 Å². The number of hydrogen-bond donors (Lipinski definition) is 0. The Kier molecular flexibility index (Phi) is 103. The zero-order valence-corrected chi connectivity index (χ0v) is 0. The van der Waals surface area contributed by atoms with Crippen LogP contribution in [0.15, 0.2) is 0 Å². The second-order valence-electron chi connectivity index (χ2n) is 0. The maximum Gasteiger partial charge on any atom is 0.316 e. The molecule has 0 saturated heterocycles. The van der Waals surface area contributed by atoms with Gasteiger partial charge in [-0.1, -0.05) is 0 Å². The molecule has 0 aliphatic rings. The van der Waals surface area contributed by atoms with Gasteiger partial charge in [-0.25, -0.2) is 0 Å². The van der Waals surface area contributed by atoms with Crippen LogP contribution < -0.4 is 0 Å². The van der Waals surface area contributed by atoms with Crippen molar-refractivity contribution in [1.29, 1.82) is 0 Å². The molecule has 0 N–H and O–H groups in total. The zero-order valence-electron chi connectivity index (χ0n) is 0. The molecule has 0 radical (unpaired) electrons. The third kappa shape index (κ3) is 9.11. The van der Waals surface area contributed by atoms with E-state index in [0.717, 1.165) is 0 Å². The van der Waals surface area contributed by atoms with E-state index in [9.17, 15) is 0 Å². The molecule has 14 valence electrons. The average Bonchev–Trinajstić information content (AvgIpc) is 0. The minimum absolute atomic E-state index is 0. The molecule has 0 aliphatic carbocycles. The fraction of sp³-hybridized carbons (Fsp3) is 0. The van der Waals surface area contributed by atoms with Crippen LogP contribution in [0.5, 0.6) is 0 Å². The van der Waals surface area contributed by atoms with Crippen LogP contribution in [0.4, 0.5) is 0 Å². The van der Waals surface area contributed by atoms with Crippen molar-refractivity contribution < 1.29 is 0 Å². The monoisotopic (exact) mass is 104 g/mol. The summed E-state index contributed by atoms with van der Waals surface area (Å²) in [6.07, 6.45) is 0. The third-order valence-electron chi connectivity index (χ3n) is 0. The molecule has 0 unspecified atom stereocenters. The van der Waals surface area contributed by atoms with Crippen molar-refractivity contribution in [3.8, 4) is 0 Å². The van der Waals surface area contributed by atoms with Crippen LogP contribution in [-0.2, 0) is 0 Å². The van der Waals surface area contributed by atoms with Crippen molar-refractivity contribution >= 4 is 111 Å². The van der Waals surface area contributed by atoms with Gasteiger partial charge in [0.05, 0.1) is 0 Å². The first kappa shape index (κ1) is 25.8. The Morgan fingerprint density at radius 1 is 1.00 bits per heavy atom. The predicted octanol–water partition coefficient (Wildman–Crippen LogP) is -3.40. The summed E-state index contributed by atoms with van der Waals surface area (Å²) in [6.45, 7) is 0. The quantitative estimate of drug-likeness (QED) is 0.281. The third-order valence-corrected chi connectivity index (χ3v) is 0. The second kappa shape index (κ2) is 16.0. The van der Waals surface area contributed by atoms with Gasteiger partial charge in [-0.15, -0.1) is 0 Å². The first-order chi connectivity index (χ1) is 0. The Morgan fingerprint density at radius 3 is 1.00 bits per heavy atom. The van der Waals surface area contributed by atoms with Gasteiger partial charge in [0.15, 0.2) is 17.4 Å². The summed E-state index contributed by atoms with van der Waals surface area (Å²) < 4.78 is 0. The van der Waals surface area contributed by atoms with Gasteiger partial charge in [0, 0.05) is 0 Å². The molecule has 4 heavy (non-hydrogen) atoms. The summed E-state index contributed by atoms with van der Waals surface area (Å²) in [5.74, 6) is 0. The van der Waals surface area contributed by atoms with Crippen LogP contribution in [0, 0.1) is 0 Å². The van der Waals surface area contributed by atoms with E-state index in [2.05, 4.69) is 0 Å². The molecule has 4 heteroatoms. The van der Waals surface area contributed by atoms with Crippen LogP contribution in [0.1, 0.15) is 0 Å². The van der Waals surface area contributed by atoms with Crippen LogP contribution in [0.3, 0.4) is 0 Å². The molecule has 0 atom stereocenters. The average molecular weight is 104 g/mol. The second-order valence-corrected chi connectivity index (χ2v) is 0. The summed E-state index contributed by atoms with van der Waals surface area (Å²) >= 11 is 0. The number of hydrogen-bond acceptors (Lipinski definition) is 0. The van der Waals surface area contributed by atoms with Crippen LogP contribution in [0.2, 0.25) is 0 Å². The molecule has 0 amide bonds. The molecule has 0 aromatic rings. The standard InChI is InChI=1S/Al.K.Li.Mg.7H. The van der Waals surface area contributed by atoms with E-state index in [-0.39, 0.29) is 111 Å². The molecule has 0 aromatic heterocycles. The molecule has 0 aliphatic heterocycles. The molecule has 0 heterocycles. The molecule has 0 spiro atoms. The Morgan fingerprint density at radius 2 is 1.00 bits per heavy atom. The van der Waals surface area contributed by atoms with Crippen molar-refractivity contribution in [1.82, 2.24) is 0 Å². The van der Waals surface area contributed by atoms with Crippen molar-refractivity contribution in [2.75, 3.05) is 0 Å². The maximum atomic E-state index is 0. The van der Waals surface area contributed by atoms with Gasteiger partial charge in [-0.3, -0.25) is 0 Å². The summed E-state index contributed by atoms with van der Waals surface area (Å²) in [5.41, 5.74) is 0. The van der Waals surface area contributed by atoms with Crippen LogP contribution in [0.25, 0.3) is 0 Å². The molecule has 0 saturated carbocycles. The van der Waals surface area contributed by atoms with Gasteiger partial charge in [-0.2, -0.15) is 0 Å². The maximum absolute atomic E-state index is 0. The minimum Gasteiger partial charge on any atom is 0.316 e. The molecule has 0 aromatic carbocycles. The Balaban J connectivity index is 0. The summed E-state index contributed by atoms with van der Waals surface area (Å²) in [6, 6.07) is 0. The first-order valence-electron chi connectivity index (χ1n) is 0. The van der Waals surface area contributed by atoms with Crippen molar-refractivity contribution in [3.63, 3.8) is 0 Å². The van der Waals surface area contributed by atoms with Gasteiger partial charge in [0.1, 0.15) is 0 Å². The summed E-state index contributed by atoms with van der Waals surface area (Å²) in [4.78, 5) is 0. The van der Waals surface area contributed by atoms with Gasteiger partial charge in [0.25, 0.3) is 0 Å². The van der Waals surface area contributed by atoms with E-state index in [1.54, 1.807) is 0 Å². The van der Waals surface area contributed by atoms with E-state index in [1.807, 2.05) is 0 Å². The van der Waals surface area contributed by atoms with E-state index in [1.165, 1.54) is 0 Å². The van der Waals surface area contributed by atoms with Crippen LogP contribution >= 0.6 is 0 Å². The Labute approximate surface area is 108 Å². The smallest absolute Gasteiger partial charge is 0.316 e. The molecule has 0 fully saturated rings. The van der Waals surface area contributed by atoms with E-state index >= 15 is 0 Å². The van der Waals surface area contributed by atoms with Gasteiger partial charge < -0.3 is 0 Å².